The van der Waals surface area contributed by atoms with Crippen LogP contribution in [0.4, 0.5) is 23.2 Å². The topological polar surface area (TPSA) is 78.1 Å². The van der Waals surface area contributed by atoms with Crippen LogP contribution in [0.25, 0.3) is 22.0 Å². The zero-order valence-corrected chi connectivity index (χ0v) is 20.2. The second-order valence-corrected chi connectivity index (χ2v) is 8.31. The van der Waals surface area contributed by atoms with E-state index in [0.717, 1.165) is 12.1 Å². The van der Waals surface area contributed by atoms with Crippen molar-refractivity contribution in [2.75, 3.05) is 5.32 Å². The summed E-state index contributed by atoms with van der Waals surface area (Å²) < 4.78 is 55.6. The molecule has 9 heteroatoms. The Bertz CT molecular complexity index is 1420. The van der Waals surface area contributed by atoms with E-state index in [-0.39, 0.29) is 12.2 Å². The molecular weight excluding hydrogens is 486 g/mol. The highest BCUT2D eigenvalue weighted by Gasteiger charge is 2.34. The van der Waals surface area contributed by atoms with Crippen LogP contribution in [-0.4, -0.2) is 21.7 Å². The number of halogens is 4. The SMILES string of the molecule is CCC.N#Cc1ccc(NC(=O)C(O)Cn2ccc3cc(F)c(-c4ccccc4)cc32)cc1C(F)(F)F. The van der Waals surface area contributed by atoms with E-state index in [1.807, 2.05) is 6.07 Å². The lowest BCUT2D eigenvalue weighted by molar-refractivity contribution is -0.137. The van der Waals surface area contributed by atoms with Gasteiger partial charge in [-0.05, 0) is 42.0 Å². The highest BCUT2D eigenvalue weighted by molar-refractivity contribution is 5.94. The molecule has 4 rings (SSSR count). The van der Waals surface area contributed by atoms with Gasteiger partial charge in [0.25, 0.3) is 5.91 Å². The lowest BCUT2D eigenvalue weighted by Crippen LogP contribution is -2.31. The number of carbonyl (C=O) groups excluding carboxylic acids is 1. The quantitative estimate of drug-likeness (QED) is 0.291. The molecule has 0 fully saturated rings. The number of alkyl halides is 3. The van der Waals surface area contributed by atoms with Crippen LogP contribution in [0.5, 0.6) is 0 Å². The van der Waals surface area contributed by atoms with Crippen LogP contribution >= 0.6 is 0 Å². The van der Waals surface area contributed by atoms with Crippen LogP contribution in [0, 0.1) is 17.1 Å². The Morgan fingerprint density at radius 2 is 1.76 bits per heavy atom. The molecule has 5 nitrogen and oxygen atoms in total. The largest absolute Gasteiger partial charge is 0.417 e. The Morgan fingerprint density at radius 3 is 2.38 bits per heavy atom. The van der Waals surface area contributed by atoms with Crippen LogP contribution < -0.4 is 5.32 Å². The van der Waals surface area contributed by atoms with Crippen molar-refractivity contribution in [1.29, 1.82) is 5.26 Å². The lowest BCUT2D eigenvalue weighted by Gasteiger charge is -2.15. The lowest BCUT2D eigenvalue weighted by atomic mass is 10.0. The van der Waals surface area contributed by atoms with E-state index in [2.05, 4.69) is 19.2 Å². The first-order valence-electron chi connectivity index (χ1n) is 11.5. The number of aromatic nitrogens is 1. The monoisotopic (exact) mass is 511 g/mol. The molecule has 192 valence electrons. The number of aliphatic hydroxyl groups is 1. The van der Waals surface area contributed by atoms with Gasteiger partial charge < -0.3 is 15.0 Å². The molecule has 1 amide bonds. The number of hydrogen-bond acceptors (Lipinski definition) is 3. The van der Waals surface area contributed by atoms with Crippen molar-refractivity contribution in [3.05, 3.63) is 89.9 Å². The summed E-state index contributed by atoms with van der Waals surface area (Å²) in [7, 11) is 0. The molecule has 2 N–H and O–H groups in total. The number of nitrogens with one attached hydrogen (secondary N) is 1. The Hall–Kier alpha value is -4.16. The maximum Gasteiger partial charge on any atom is 0.417 e. The number of nitrogens with zero attached hydrogens (tertiary/aromatic N) is 2. The van der Waals surface area contributed by atoms with E-state index in [1.54, 1.807) is 47.2 Å². The van der Waals surface area contributed by atoms with E-state index in [1.165, 1.54) is 18.6 Å². The molecule has 1 aromatic heterocycles. The summed E-state index contributed by atoms with van der Waals surface area (Å²) >= 11 is 0. The number of benzene rings is 3. The van der Waals surface area contributed by atoms with Crippen molar-refractivity contribution in [2.45, 2.75) is 39.1 Å². The molecule has 37 heavy (non-hydrogen) atoms. The molecule has 1 atom stereocenters. The van der Waals surface area contributed by atoms with Gasteiger partial charge in [0.05, 0.1) is 23.7 Å². The fourth-order valence-corrected chi connectivity index (χ4v) is 3.66. The van der Waals surface area contributed by atoms with E-state index in [4.69, 9.17) is 5.26 Å². The van der Waals surface area contributed by atoms with Gasteiger partial charge in [-0.1, -0.05) is 50.6 Å². The number of fused-ring (bicyclic) bond motifs is 1. The van der Waals surface area contributed by atoms with Crippen LogP contribution in [-0.2, 0) is 17.5 Å². The van der Waals surface area contributed by atoms with Crippen molar-refractivity contribution in [1.82, 2.24) is 4.57 Å². The number of amides is 1. The number of hydrogen-bond donors (Lipinski definition) is 2. The summed E-state index contributed by atoms with van der Waals surface area (Å²) in [4.78, 5) is 12.5. The average Bonchev–Trinajstić information content (AvgIpc) is 3.25. The number of aliphatic hydroxyl groups excluding tert-OH is 1. The zero-order chi connectivity index (χ0) is 27.2. The Balaban J connectivity index is 0.00000121. The average molecular weight is 512 g/mol. The molecule has 1 unspecified atom stereocenters. The van der Waals surface area contributed by atoms with Gasteiger partial charge in [0, 0.05) is 28.4 Å². The minimum absolute atomic E-state index is 0.207. The molecule has 0 bridgehead atoms. The normalized spacial score (nSPS) is 11.8. The molecule has 4 aromatic rings. The van der Waals surface area contributed by atoms with Crippen LogP contribution in [0.1, 0.15) is 31.4 Å². The predicted octanol–water partition coefficient (Wildman–Crippen LogP) is 6.75. The van der Waals surface area contributed by atoms with Crippen molar-refractivity contribution in [3.63, 3.8) is 0 Å². The number of rotatable bonds is 5. The van der Waals surface area contributed by atoms with E-state index < -0.39 is 35.1 Å². The van der Waals surface area contributed by atoms with Gasteiger partial charge in [-0.15, -0.1) is 0 Å². The second-order valence-electron chi connectivity index (χ2n) is 8.31. The smallest absolute Gasteiger partial charge is 0.381 e. The molecule has 0 aliphatic rings. The van der Waals surface area contributed by atoms with Gasteiger partial charge in [0.15, 0.2) is 6.10 Å². The van der Waals surface area contributed by atoms with Gasteiger partial charge >= 0.3 is 6.18 Å². The standard InChI is InChI=1S/C25H17F4N3O2.C3H8/c26-21-10-16-8-9-32(22(16)12-19(21)15-4-2-1-3-5-15)14-23(33)24(34)31-18-7-6-17(13-30)20(11-18)25(27,28)29;1-3-2/h1-12,23,33H,14H2,(H,31,34);3H2,1-2H3. The van der Waals surface area contributed by atoms with Gasteiger partial charge in [0.1, 0.15) is 5.82 Å². The molecule has 0 saturated heterocycles. The summed E-state index contributed by atoms with van der Waals surface area (Å²) in [5, 5.41) is 22.1. The highest BCUT2D eigenvalue weighted by Crippen LogP contribution is 2.33. The molecule has 0 aliphatic carbocycles. The van der Waals surface area contributed by atoms with E-state index in [0.29, 0.717) is 28.1 Å². The van der Waals surface area contributed by atoms with Gasteiger partial charge in [-0.2, -0.15) is 18.4 Å². The first kappa shape index (κ1) is 27.4. The Morgan fingerprint density at radius 1 is 1.08 bits per heavy atom. The maximum absolute atomic E-state index is 14.6. The number of carbonyl (C=O) groups is 1. The van der Waals surface area contributed by atoms with Crippen LogP contribution in [0.3, 0.4) is 0 Å². The van der Waals surface area contributed by atoms with Crippen molar-refractivity contribution < 1.29 is 27.5 Å². The van der Waals surface area contributed by atoms with Gasteiger partial charge in [-0.25, -0.2) is 4.39 Å². The van der Waals surface area contributed by atoms with E-state index >= 15 is 0 Å². The number of nitriles is 1. The molecule has 1 heterocycles. The fourth-order valence-electron chi connectivity index (χ4n) is 3.66. The summed E-state index contributed by atoms with van der Waals surface area (Å²) in [5.41, 5.74) is -0.384. The summed E-state index contributed by atoms with van der Waals surface area (Å²) in [6.07, 6.45) is -3.55. The molecule has 0 spiro atoms. The minimum atomic E-state index is -4.78. The highest BCUT2D eigenvalue weighted by atomic mass is 19.4. The van der Waals surface area contributed by atoms with Crippen molar-refractivity contribution >= 4 is 22.5 Å². The summed E-state index contributed by atoms with van der Waals surface area (Å²) in [6.45, 7) is 4.04. The van der Waals surface area contributed by atoms with Gasteiger partial charge in [-0.3, -0.25) is 4.79 Å². The van der Waals surface area contributed by atoms with Crippen molar-refractivity contribution in [2.24, 2.45) is 0 Å². The van der Waals surface area contributed by atoms with Crippen molar-refractivity contribution in [3.8, 4) is 17.2 Å². The molecule has 0 saturated carbocycles. The first-order valence-corrected chi connectivity index (χ1v) is 11.5. The fraction of sp³-hybridized carbons (Fsp3) is 0.214. The van der Waals surface area contributed by atoms with Crippen LogP contribution in [0.2, 0.25) is 0 Å². The van der Waals surface area contributed by atoms with Crippen LogP contribution in [0.15, 0.2) is 72.9 Å². The molecule has 0 aliphatic heterocycles. The van der Waals surface area contributed by atoms with E-state index in [9.17, 15) is 27.5 Å². The molecule has 0 radical (unpaired) electrons. The second kappa shape index (κ2) is 11.7. The summed E-state index contributed by atoms with van der Waals surface area (Å²) in [6, 6.07) is 17.7. The third-order valence-corrected chi connectivity index (χ3v) is 5.33. The summed E-state index contributed by atoms with van der Waals surface area (Å²) in [5.74, 6) is -1.35. The zero-order valence-electron chi connectivity index (χ0n) is 20.2. The number of anilines is 1. The van der Waals surface area contributed by atoms with Gasteiger partial charge in [0.2, 0.25) is 0 Å². The Labute approximate surface area is 211 Å². The first-order chi connectivity index (χ1) is 17.6. The molecular formula is C28H25F4N3O2. The third-order valence-electron chi connectivity index (χ3n) is 5.33. The molecule has 3 aromatic carbocycles. The predicted molar refractivity (Wildman–Crippen MR) is 134 cm³/mol. The Kier molecular flexibility index (Phi) is 8.69. The third kappa shape index (κ3) is 6.54. The maximum atomic E-state index is 14.6. The minimum Gasteiger partial charge on any atom is -0.381 e.